The van der Waals surface area contributed by atoms with Crippen LogP contribution in [0.15, 0.2) is 24.3 Å². The Morgan fingerprint density at radius 3 is 2.64 bits per heavy atom. The molecule has 5 atom stereocenters. The van der Waals surface area contributed by atoms with Gasteiger partial charge < -0.3 is 35.8 Å². The van der Waals surface area contributed by atoms with E-state index in [2.05, 4.69) is 5.32 Å². The molecule has 6 N–H and O–H groups in total. The number of benzene rings is 1. The number of amides is 1. The molecule has 8 heteroatoms. The number of nitrogens with one attached hydrogen (secondary N) is 1. The third kappa shape index (κ3) is 3.47. The summed E-state index contributed by atoms with van der Waals surface area (Å²) in [4.78, 5) is 11.3. The van der Waals surface area contributed by atoms with E-state index in [1.54, 1.807) is 24.3 Å². The van der Waals surface area contributed by atoms with Gasteiger partial charge in [0.1, 0.15) is 30.1 Å². The van der Waals surface area contributed by atoms with Crippen molar-refractivity contribution in [2.75, 3.05) is 12.3 Å². The van der Waals surface area contributed by atoms with Crippen molar-refractivity contribution in [2.45, 2.75) is 37.6 Å². The summed E-state index contributed by atoms with van der Waals surface area (Å²) in [6.07, 6.45) is -4.85. The Hall–Kier alpha value is -1.87. The van der Waals surface area contributed by atoms with Gasteiger partial charge >= 0.3 is 0 Å². The summed E-state index contributed by atoms with van der Waals surface area (Å²) >= 11 is 0. The molecule has 22 heavy (non-hydrogen) atoms. The highest BCUT2D eigenvalue weighted by molar-refractivity contribution is 5.73. The lowest BCUT2D eigenvalue weighted by Crippen LogP contribution is -2.65. The molecule has 0 saturated carbocycles. The van der Waals surface area contributed by atoms with Crippen LogP contribution in [0.4, 0.5) is 5.69 Å². The molecule has 8 nitrogen and oxygen atoms in total. The fraction of sp³-hybridized carbons (Fsp3) is 0.500. The van der Waals surface area contributed by atoms with Gasteiger partial charge in [-0.25, -0.2) is 0 Å². The second kappa shape index (κ2) is 6.93. The molecule has 1 aliphatic heterocycles. The van der Waals surface area contributed by atoms with E-state index in [1.165, 1.54) is 6.92 Å². The van der Waals surface area contributed by atoms with Gasteiger partial charge in [-0.3, -0.25) is 4.79 Å². The molecule has 1 amide bonds. The van der Waals surface area contributed by atoms with E-state index >= 15 is 0 Å². The minimum atomic E-state index is -1.36. The fourth-order valence-corrected chi connectivity index (χ4v) is 2.28. The highest BCUT2D eigenvalue weighted by atomic mass is 16.7. The van der Waals surface area contributed by atoms with Crippen molar-refractivity contribution in [3.8, 4) is 5.75 Å². The molecule has 1 aliphatic rings. The highest BCUT2D eigenvalue weighted by Gasteiger charge is 2.46. The van der Waals surface area contributed by atoms with Gasteiger partial charge in [-0.1, -0.05) is 12.1 Å². The minimum Gasteiger partial charge on any atom is -0.460 e. The molecule has 0 bridgehead atoms. The number of hydrogen-bond acceptors (Lipinski definition) is 7. The zero-order valence-corrected chi connectivity index (χ0v) is 12.0. The lowest BCUT2D eigenvalue weighted by molar-refractivity contribution is -0.244. The number of para-hydroxylation sites is 2. The maximum atomic E-state index is 11.3. The molecule has 1 aromatic carbocycles. The van der Waals surface area contributed by atoms with Crippen LogP contribution in [0, 0.1) is 0 Å². The molecule has 122 valence electrons. The van der Waals surface area contributed by atoms with Gasteiger partial charge in [0.25, 0.3) is 0 Å². The smallest absolute Gasteiger partial charge is 0.223 e. The maximum absolute atomic E-state index is 11.3. The standard InChI is InChI=1S/C14H20N2O6/c1-7(18)16-11-13(20)12(19)10(6-17)22-14(11)21-9-5-3-2-4-8(9)15/h2-5,10-14,17,19-20H,6,15H2,1H3,(H,16,18)/t10-,11-,12-,13-,14-/m1/s1. The number of carbonyl (C=O) groups excluding carboxylic acids is 1. The van der Waals surface area contributed by atoms with Gasteiger partial charge in [-0.2, -0.15) is 0 Å². The molecule has 0 radical (unpaired) electrons. The van der Waals surface area contributed by atoms with E-state index in [-0.39, 0.29) is 0 Å². The van der Waals surface area contributed by atoms with E-state index in [1.807, 2.05) is 0 Å². The van der Waals surface area contributed by atoms with Crippen LogP contribution >= 0.6 is 0 Å². The summed E-state index contributed by atoms with van der Waals surface area (Å²) in [5.74, 6) is -0.111. The van der Waals surface area contributed by atoms with Crippen LogP contribution in [0.1, 0.15) is 6.92 Å². The number of carbonyl (C=O) groups is 1. The lowest BCUT2D eigenvalue weighted by Gasteiger charge is -2.42. The molecule has 0 unspecified atom stereocenters. The van der Waals surface area contributed by atoms with Crippen molar-refractivity contribution >= 4 is 11.6 Å². The van der Waals surface area contributed by atoms with Crippen LogP contribution in [0.2, 0.25) is 0 Å². The first-order valence-corrected chi connectivity index (χ1v) is 6.84. The molecule has 0 aliphatic carbocycles. The second-order valence-corrected chi connectivity index (χ2v) is 5.09. The van der Waals surface area contributed by atoms with Gasteiger partial charge in [0.2, 0.25) is 12.2 Å². The third-order valence-corrected chi connectivity index (χ3v) is 3.41. The van der Waals surface area contributed by atoms with Crippen molar-refractivity contribution in [3.05, 3.63) is 24.3 Å². The van der Waals surface area contributed by atoms with Crippen LogP contribution < -0.4 is 15.8 Å². The summed E-state index contributed by atoms with van der Waals surface area (Å²) in [6, 6.07) is 5.66. The molecule has 0 spiro atoms. The average molecular weight is 312 g/mol. The topological polar surface area (TPSA) is 134 Å². The van der Waals surface area contributed by atoms with Crippen molar-refractivity contribution in [2.24, 2.45) is 0 Å². The summed E-state index contributed by atoms with van der Waals surface area (Å²) in [7, 11) is 0. The van der Waals surface area contributed by atoms with E-state index in [0.29, 0.717) is 11.4 Å². The maximum Gasteiger partial charge on any atom is 0.223 e. The van der Waals surface area contributed by atoms with Crippen molar-refractivity contribution in [3.63, 3.8) is 0 Å². The predicted octanol–water partition coefficient (Wildman–Crippen LogP) is -1.41. The van der Waals surface area contributed by atoms with E-state index < -0.39 is 43.2 Å². The van der Waals surface area contributed by atoms with Crippen molar-refractivity contribution in [1.29, 1.82) is 0 Å². The molecule has 1 saturated heterocycles. The van der Waals surface area contributed by atoms with Gasteiger partial charge in [0.15, 0.2) is 0 Å². The largest absolute Gasteiger partial charge is 0.460 e. The monoisotopic (exact) mass is 312 g/mol. The predicted molar refractivity (Wildman–Crippen MR) is 76.8 cm³/mol. The number of rotatable bonds is 4. The first-order valence-electron chi connectivity index (χ1n) is 6.84. The highest BCUT2D eigenvalue weighted by Crippen LogP contribution is 2.27. The summed E-state index contributed by atoms with van der Waals surface area (Å²) in [5, 5.41) is 31.7. The normalized spacial score (nSPS) is 31.5. The van der Waals surface area contributed by atoms with Gasteiger partial charge in [0.05, 0.1) is 12.3 Å². The summed E-state index contributed by atoms with van der Waals surface area (Å²) in [6.45, 7) is 0.764. The Kier molecular flexibility index (Phi) is 5.19. The first-order chi connectivity index (χ1) is 10.4. The van der Waals surface area contributed by atoms with Gasteiger partial charge in [-0.15, -0.1) is 0 Å². The first kappa shape index (κ1) is 16.5. The number of hydrogen-bond donors (Lipinski definition) is 5. The number of nitrogen functional groups attached to an aromatic ring is 1. The van der Waals surface area contributed by atoms with Gasteiger partial charge in [-0.05, 0) is 12.1 Å². The Labute approximate surface area is 127 Å². The Balaban J connectivity index is 2.23. The summed E-state index contributed by atoms with van der Waals surface area (Å²) < 4.78 is 11.0. The zero-order valence-electron chi connectivity index (χ0n) is 12.0. The molecular formula is C14H20N2O6. The van der Waals surface area contributed by atoms with Crippen LogP contribution in [-0.2, 0) is 9.53 Å². The van der Waals surface area contributed by atoms with Crippen LogP contribution in [0.3, 0.4) is 0 Å². The number of anilines is 1. The van der Waals surface area contributed by atoms with Crippen molar-refractivity contribution < 1.29 is 29.6 Å². The van der Waals surface area contributed by atoms with Crippen molar-refractivity contribution in [1.82, 2.24) is 5.32 Å². The number of ether oxygens (including phenoxy) is 2. The SMILES string of the molecule is CC(=O)N[C@H]1[C@H](Oc2ccccc2N)O[C@H](CO)[C@@H](O)[C@@H]1O. The minimum absolute atomic E-state index is 0.308. The quantitative estimate of drug-likeness (QED) is 0.431. The van der Waals surface area contributed by atoms with Crippen LogP contribution in [0.25, 0.3) is 0 Å². The number of nitrogens with two attached hydrogens (primary N) is 1. The molecule has 0 aromatic heterocycles. The molecular weight excluding hydrogens is 292 g/mol. The summed E-state index contributed by atoms with van der Waals surface area (Å²) in [5.41, 5.74) is 6.14. The Morgan fingerprint density at radius 1 is 1.36 bits per heavy atom. The van der Waals surface area contributed by atoms with E-state index in [4.69, 9.17) is 15.2 Å². The average Bonchev–Trinajstić information content (AvgIpc) is 2.48. The van der Waals surface area contributed by atoms with E-state index in [0.717, 1.165) is 0 Å². The molecule has 1 aromatic rings. The van der Waals surface area contributed by atoms with Gasteiger partial charge in [0, 0.05) is 6.92 Å². The van der Waals surface area contributed by atoms with E-state index in [9.17, 15) is 20.1 Å². The zero-order chi connectivity index (χ0) is 16.3. The second-order valence-electron chi connectivity index (χ2n) is 5.09. The van der Waals surface area contributed by atoms with Crippen LogP contribution in [-0.4, -0.2) is 58.5 Å². The molecule has 2 rings (SSSR count). The number of aliphatic hydroxyl groups excluding tert-OH is 3. The fourth-order valence-electron chi connectivity index (χ4n) is 2.28. The lowest BCUT2D eigenvalue weighted by atomic mass is 9.97. The van der Waals surface area contributed by atoms with Crippen LogP contribution in [0.5, 0.6) is 5.75 Å². The third-order valence-electron chi connectivity index (χ3n) is 3.41. The molecule has 1 fully saturated rings. The number of aliphatic hydroxyl groups is 3. The Bertz CT molecular complexity index is 526. The molecule has 1 heterocycles. The Morgan fingerprint density at radius 2 is 2.05 bits per heavy atom.